The molecule has 0 aliphatic heterocycles. The summed E-state index contributed by atoms with van der Waals surface area (Å²) in [5.74, 6) is 1.01. The second kappa shape index (κ2) is 11.6. The molecule has 11 heavy (non-hydrogen) atoms. The van der Waals surface area contributed by atoms with Crippen molar-refractivity contribution < 1.29 is 0 Å². The molecule has 0 unspecified atom stereocenters. The zero-order valence-electron chi connectivity index (χ0n) is 5.73. The van der Waals surface area contributed by atoms with E-state index in [1.807, 2.05) is 11.5 Å². The Morgan fingerprint density at radius 1 is 1.00 bits per heavy atom. The van der Waals surface area contributed by atoms with E-state index >= 15 is 0 Å². The van der Waals surface area contributed by atoms with Crippen LogP contribution in [-0.4, -0.2) is 5.75 Å². The Morgan fingerprint density at radius 3 is 2.36 bits per heavy atom. The first-order valence-corrected chi connectivity index (χ1v) is 10.3. The van der Waals surface area contributed by atoms with Gasteiger partial charge in [0.1, 0.15) is 0 Å². The molecule has 0 atom stereocenters. The second-order valence-corrected chi connectivity index (χ2v) is 10.6. The van der Waals surface area contributed by atoms with Crippen LogP contribution in [0.15, 0.2) is 24.6 Å². The van der Waals surface area contributed by atoms with Crippen LogP contribution in [-0.2, 0) is 0 Å². The van der Waals surface area contributed by atoms with Crippen molar-refractivity contribution in [1.29, 1.82) is 0 Å². The third-order valence-corrected chi connectivity index (χ3v) is 10.7. The SMILES string of the molecule is C=CCSSSSSSC=C. The van der Waals surface area contributed by atoms with Crippen molar-refractivity contribution in [3.05, 3.63) is 24.6 Å². The lowest BCUT2D eigenvalue weighted by atomic mass is 10.8. The number of hydrogen-bond donors (Lipinski definition) is 0. The molecule has 0 nitrogen and oxygen atoms in total. The maximum atomic E-state index is 3.64. The largest absolute Gasteiger partial charge is 0.102 e. The fraction of sp³-hybridized carbons (Fsp3) is 0.200. The molecule has 0 saturated heterocycles. The smallest absolute Gasteiger partial charge is 0.0223 e. The Bertz CT molecular complexity index is 91.1. The number of rotatable bonds is 8. The van der Waals surface area contributed by atoms with E-state index in [0.717, 1.165) is 5.75 Å². The molecule has 0 saturated carbocycles. The summed E-state index contributed by atoms with van der Waals surface area (Å²) < 4.78 is 0. The fourth-order valence-corrected chi connectivity index (χ4v) is 10.3. The first-order chi connectivity index (χ1) is 5.41. The Balaban J connectivity index is 2.79. The van der Waals surface area contributed by atoms with Gasteiger partial charge in [0, 0.05) is 5.75 Å². The van der Waals surface area contributed by atoms with E-state index in [0.29, 0.717) is 0 Å². The minimum absolute atomic E-state index is 1.01. The van der Waals surface area contributed by atoms with Crippen LogP contribution in [0.25, 0.3) is 0 Å². The lowest BCUT2D eigenvalue weighted by Gasteiger charge is -1.93. The van der Waals surface area contributed by atoms with Crippen molar-refractivity contribution in [2.75, 3.05) is 5.75 Å². The molecule has 0 heterocycles. The van der Waals surface area contributed by atoms with E-state index in [4.69, 9.17) is 0 Å². The van der Waals surface area contributed by atoms with E-state index in [-0.39, 0.29) is 0 Å². The van der Waals surface area contributed by atoms with Crippen LogP contribution in [0.4, 0.5) is 0 Å². The van der Waals surface area contributed by atoms with Crippen LogP contribution in [0.3, 0.4) is 0 Å². The zero-order valence-corrected chi connectivity index (χ0v) is 10.6. The van der Waals surface area contributed by atoms with Gasteiger partial charge in [-0.15, -0.1) is 6.58 Å². The first-order valence-electron chi connectivity index (χ1n) is 2.58. The molecule has 0 fully saturated rings. The van der Waals surface area contributed by atoms with E-state index < -0.39 is 0 Å². The maximum absolute atomic E-state index is 3.64. The van der Waals surface area contributed by atoms with E-state index in [9.17, 15) is 0 Å². The predicted molar refractivity (Wildman–Crippen MR) is 70.8 cm³/mol. The summed E-state index contributed by atoms with van der Waals surface area (Å²) in [6.45, 7) is 7.24. The van der Waals surface area contributed by atoms with Gasteiger partial charge in [-0.25, -0.2) is 0 Å². The van der Waals surface area contributed by atoms with Gasteiger partial charge in [-0.3, -0.25) is 0 Å². The van der Waals surface area contributed by atoms with Crippen molar-refractivity contribution >= 4 is 60.9 Å². The molecule has 0 N–H and O–H groups in total. The standard InChI is InChI=1S/C5H8S6/c1-3-5-7-9-11-10-8-6-4-2/h3-4H,1-2,5H2. The van der Waals surface area contributed by atoms with Crippen molar-refractivity contribution in [2.45, 2.75) is 0 Å². The average molecular weight is 261 g/mol. The molecule has 0 aliphatic rings. The molecule has 0 aromatic rings. The molecule has 0 amide bonds. The third-order valence-electron chi connectivity index (χ3n) is 0.425. The Hall–Kier alpha value is 1.58. The predicted octanol–water partition coefficient (Wildman–Crippen LogP) is 5.29. The average Bonchev–Trinajstić information content (AvgIpc) is 2.03. The van der Waals surface area contributed by atoms with Gasteiger partial charge < -0.3 is 0 Å². The van der Waals surface area contributed by atoms with Crippen LogP contribution in [0.2, 0.25) is 0 Å². The zero-order chi connectivity index (χ0) is 8.36. The molecule has 0 rings (SSSR count). The molecule has 0 aliphatic carbocycles. The highest BCUT2D eigenvalue weighted by molar-refractivity contribution is 9.42. The van der Waals surface area contributed by atoms with Gasteiger partial charge in [0.15, 0.2) is 0 Å². The highest BCUT2D eigenvalue weighted by Crippen LogP contribution is 2.52. The maximum Gasteiger partial charge on any atom is 0.0223 e. The van der Waals surface area contributed by atoms with Gasteiger partial charge in [0.25, 0.3) is 0 Å². The minimum Gasteiger partial charge on any atom is -0.102 e. The van der Waals surface area contributed by atoms with Crippen molar-refractivity contribution in [3.8, 4) is 0 Å². The van der Waals surface area contributed by atoms with Gasteiger partial charge in [-0.2, -0.15) is 0 Å². The van der Waals surface area contributed by atoms with Crippen LogP contribution >= 0.6 is 60.9 Å². The topological polar surface area (TPSA) is 0 Å². The summed E-state index contributed by atoms with van der Waals surface area (Å²) in [6.07, 6.45) is 1.91. The highest BCUT2D eigenvalue weighted by Gasteiger charge is 1.90. The van der Waals surface area contributed by atoms with Crippen LogP contribution in [0.5, 0.6) is 0 Å². The summed E-state index contributed by atoms with van der Waals surface area (Å²) in [4.78, 5) is 0. The quantitative estimate of drug-likeness (QED) is 0.328. The fourth-order valence-electron chi connectivity index (χ4n) is 0.162. The van der Waals surface area contributed by atoms with Crippen LogP contribution < -0.4 is 0 Å². The second-order valence-electron chi connectivity index (χ2n) is 1.11. The van der Waals surface area contributed by atoms with Crippen LogP contribution in [0.1, 0.15) is 0 Å². The van der Waals surface area contributed by atoms with Gasteiger partial charge >= 0.3 is 0 Å². The summed E-state index contributed by atoms with van der Waals surface area (Å²) in [5.41, 5.74) is 0. The molecule has 64 valence electrons. The molecular formula is C5H8S6. The summed E-state index contributed by atoms with van der Waals surface area (Å²) >= 11 is 0. The van der Waals surface area contributed by atoms with Gasteiger partial charge in [0.2, 0.25) is 0 Å². The third kappa shape index (κ3) is 11.6. The Morgan fingerprint density at radius 2 is 1.73 bits per heavy atom. The van der Waals surface area contributed by atoms with Crippen molar-refractivity contribution in [1.82, 2.24) is 0 Å². The molecule has 0 bridgehead atoms. The Kier molecular flexibility index (Phi) is 13.2. The molecule has 0 radical (unpaired) electrons. The summed E-state index contributed by atoms with van der Waals surface area (Å²) in [5, 5.41) is 1.83. The van der Waals surface area contributed by atoms with E-state index in [1.54, 1.807) is 60.9 Å². The van der Waals surface area contributed by atoms with Gasteiger partial charge in [-0.1, -0.05) is 34.2 Å². The van der Waals surface area contributed by atoms with E-state index in [2.05, 4.69) is 13.2 Å². The molecule has 0 spiro atoms. The van der Waals surface area contributed by atoms with Crippen molar-refractivity contribution in [3.63, 3.8) is 0 Å². The Labute approximate surface area is 90.6 Å². The lowest BCUT2D eigenvalue weighted by molar-refractivity contribution is 1.84. The summed E-state index contributed by atoms with van der Waals surface area (Å²) in [7, 11) is 10.5. The lowest BCUT2D eigenvalue weighted by Crippen LogP contribution is -1.55. The van der Waals surface area contributed by atoms with Crippen molar-refractivity contribution in [2.24, 2.45) is 0 Å². The normalized spacial score (nSPS) is 9.45. The first kappa shape index (κ1) is 12.6. The summed E-state index contributed by atoms with van der Waals surface area (Å²) in [6, 6.07) is 0. The van der Waals surface area contributed by atoms with Gasteiger partial charge in [-0.05, 0) is 44.7 Å². The molecule has 0 aromatic carbocycles. The highest BCUT2D eigenvalue weighted by atomic mass is 33.9. The molecule has 0 aromatic heterocycles. The number of hydrogen-bond acceptors (Lipinski definition) is 6. The van der Waals surface area contributed by atoms with Crippen LogP contribution in [0, 0.1) is 0 Å². The minimum atomic E-state index is 1.01. The van der Waals surface area contributed by atoms with Gasteiger partial charge in [0.05, 0.1) is 0 Å². The van der Waals surface area contributed by atoms with E-state index in [1.165, 1.54) is 0 Å². The monoisotopic (exact) mass is 260 g/mol. The molecular weight excluding hydrogens is 252 g/mol. The molecule has 6 heteroatoms.